The second kappa shape index (κ2) is 10.3. The van der Waals surface area contributed by atoms with Crippen LogP contribution in [0.2, 0.25) is 0 Å². The number of carbonyl (C=O) groups is 2. The van der Waals surface area contributed by atoms with Gasteiger partial charge >= 0.3 is 5.97 Å². The van der Waals surface area contributed by atoms with Crippen molar-refractivity contribution in [2.45, 2.75) is 57.2 Å². The van der Waals surface area contributed by atoms with Crippen LogP contribution in [-0.2, 0) is 14.3 Å². The molecule has 5 nitrogen and oxygen atoms in total. The van der Waals surface area contributed by atoms with Crippen LogP contribution in [0, 0.1) is 29.6 Å². The second-order valence-corrected chi connectivity index (χ2v) is 6.98. The molecule has 2 rings (SSSR count). The molecule has 0 radical (unpaired) electrons. The third-order valence-corrected chi connectivity index (χ3v) is 5.14. The van der Waals surface area contributed by atoms with E-state index in [0.29, 0.717) is 18.8 Å². The summed E-state index contributed by atoms with van der Waals surface area (Å²) in [5.41, 5.74) is 0. The van der Waals surface area contributed by atoms with Gasteiger partial charge in [0.25, 0.3) is 0 Å². The highest BCUT2D eigenvalue weighted by molar-refractivity contribution is 5.95. The number of rotatable bonds is 7. The van der Waals surface area contributed by atoms with E-state index in [1.807, 2.05) is 6.08 Å². The fourth-order valence-corrected chi connectivity index (χ4v) is 3.56. The molecule has 0 aromatic heterocycles. The molecule has 0 aromatic rings. The normalized spacial score (nSPS) is 25.3. The third-order valence-electron chi connectivity index (χ3n) is 5.14. The molecule has 2 aliphatic carbocycles. The van der Waals surface area contributed by atoms with Gasteiger partial charge in [0.1, 0.15) is 6.10 Å². The Balaban J connectivity index is 1.87. The summed E-state index contributed by atoms with van der Waals surface area (Å²) >= 11 is 0. The van der Waals surface area contributed by atoms with E-state index in [9.17, 15) is 19.8 Å². The number of aliphatic hydroxyl groups excluding tert-OH is 2. The molecule has 0 aromatic carbocycles. The highest BCUT2D eigenvalue weighted by Crippen LogP contribution is 2.30. The molecule has 142 valence electrons. The van der Waals surface area contributed by atoms with Crippen LogP contribution in [-0.4, -0.2) is 41.3 Å². The Kier molecular flexibility index (Phi) is 8.08. The lowest BCUT2D eigenvalue weighted by atomic mass is 9.88. The first-order chi connectivity index (χ1) is 12.5. The van der Waals surface area contributed by atoms with Gasteiger partial charge in [-0.15, -0.1) is 5.92 Å². The van der Waals surface area contributed by atoms with Crippen molar-refractivity contribution < 1.29 is 24.5 Å². The Labute approximate surface area is 155 Å². The first kappa shape index (κ1) is 20.4. The van der Waals surface area contributed by atoms with Crippen LogP contribution >= 0.6 is 0 Å². The summed E-state index contributed by atoms with van der Waals surface area (Å²) < 4.78 is 4.55. The molecular formula is C21H28O5. The summed E-state index contributed by atoms with van der Waals surface area (Å²) in [6.07, 6.45) is 10.9. The van der Waals surface area contributed by atoms with Crippen molar-refractivity contribution in [2.24, 2.45) is 17.8 Å². The van der Waals surface area contributed by atoms with Gasteiger partial charge in [0.05, 0.1) is 19.1 Å². The predicted molar refractivity (Wildman–Crippen MR) is 97.9 cm³/mol. The number of methoxy groups -OCH3 is 1. The molecule has 0 aliphatic heterocycles. The van der Waals surface area contributed by atoms with Gasteiger partial charge in [0.15, 0.2) is 5.78 Å². The lowest BCUT2D eigenvalue weighted by molar-refractivity contribution is -0.140. The lowest BCUT2D eigenvalue weighted by Gasteiger charge is -2.19. The first-order valence-corrected chi connectivity index (χ1v) is 9.34. The van der Waals surface area contributed by atoms with Crippen molar-refractivity contribution in [3.63, 3.8) is 0 Å². The zero-order valence-electron chi connectivity index (χ0n) is 15.3. The van der Waals surface area contributed by atoms with E-state index in [1.54, 1.807) is 12.2 Å². The van der Waals surface area contributed by atoms with Crippen molar-refractivity contribution in [1.29, 1.82) is 0 Å². The summed E-state index contributed by atoms with van der Waals surface area (Å²) in [5, 5.41) is 20.5. The molecule has 5 heteroatoms. The SMILES string of the molecule is COC(=O)CCCC#CC(O)C1C(=O)C=CC1/C=C/C(O)C1CCCC1. The highest BCUT2D eigenvalue weighted by Gasteiger charge is 2.34. The van der Waals surface area contributed by atoms with Gasteiger partial charge in [-0.05, 0) is 31.3 Å². The van der Waals surface area contributed by atoms with Crippen LogP contribution in [0.5, 0.6) is 0 Å². The molecule has 0 heterocycles. The first-order valence-electron chi connectivity index (χ1n) is 9.34. The van der Waals surface area contributed by atoms with E-state index in [1.165, 1.54) is 13.2 Å². The molecular weight excluding hydrogens is 332 g/mol. The number of aliphatic hydroxyl groups is 2. The molecule has 2 N–H and O–H groups in total. The van der Waals surface area contributed by atoms with Crippen molar-refractivity contribution in [1.82, 2.24) is 0 Å². The maximum atomic E-state index is 12.1. The van der Waals surface area contributed by atoms with Gasteiger partial charge in [-0.2, -0.15) is 0 Å². The number of hydrogen-bond acceptors (Lipinski definition) is 5. The lowest BCUT2D eigenvalue weighted by Crippen LogP contribution is -2.28. The van der Waals surface area contributed by atoms with Crippen LogP contribution in [0.15, 0.2) is 24.3 Å². The number of allylic oxidation sites excluding steroid dienone is 3. The smallest absolute Gasteiger partial charge is 0.305 e. The van der Waals surface area contributed by atoms with Crippen LogP contribution < -0.4 is 0 Å². The molecule has 0 bridgehead atoms. The number of unbranched alkanes of at least 4 members (excludes halogenated alkanes) is 1. The molecule has 1 fully saturated rings. The van der Waals surface area contributed by atoms with E-state index in [2.05, 4.69) is 16.6 Å². The Morgan fingerprint density at radius 2 is 2.12 bits per heavy atom. The van der Waals surface area contributed by atoms with Crippen molar-refractivity contribution in [2.75, 3.05) is 7.11 Å². The van der Waals surface area contributed by atoms with Gasteiger partial charge in [0, 0.05) is 18.8 Å². The summed E-state index contributed by atoms with van der Waals surface area (Å²) in [6, 6.07) is 0. The molecule has 26 heavy (non-hydrogen) atoms. The van der Waals surface area contributed by atoms with Crippen molar-refractivity contribution in [3.8, 4) is 11.8 Å². The Morgan fingerprint density at radius 1 is 1.38 bits per heavy atom. The minimum absolute atomic E-state index is 0.147. The average Bonchev–Trinajstić information content (AvgIpc) is 3.28. The van der Waals surface area contributed by atoms with E-state index in [-0.39, 0.29) is 24.1 Å². The van der Waals surface area contributed by atoms with E-state index in [4.69, 9.17) is 0 Å². The fourth-order valence-electron chi connectivity index (χ4n) is 3.56. The number of esters is 1. The van der Waals surface area contributed by atoms with Crippen molar-refractivity contribution >= 4 is 11.8 Å². The number of carbonyl (C=O) groups excluding carboxylic acids is 2. The Bertz CT molecular complexity index is 604. The maximum absolute atomic E-state index is 12.1. The molecule has 0 amide bonds. The fraction of sp³-hybridized carbons (Fsp3) is 0.619. The molecule has 0 spiro atoms. The van der Waals surface area contributed by atoms with Gasteiger partial charge in [-0.25, -0.2) is 0 Å². The minimum atomic E-state index is -1.06. The topological polar surface area (TPSA) is 83.8 Å². The van der Waals surface area contributed by atoms with Crippen LogP contribution in [0.4, 0.5) is 0 Å². The largest absolute Gasteiger partial charge is 0.469 e. The van der Waals surface area contributed by atoms with Gasteiger partial charge < -0.3 is 14.9 Å². The quantitative estimate of drug-likeness (QED) is 0.315. The van der Waals surface area contributed by atoms with Crippen LogP contribution in [0.1, 0.15) is 44.9 Å². The Hall–Kier alpha value is -1.90. The van der Waals surface area contributed by atoms with E-state index in [0.717, 1.165) is 25.7 Å². The van der Waals surface area contributed by atoms with Gasteiger partial charge in [0.2, 0.25) is 0 Å². The molecule has 4 unspecified atom stereocenters. The monoisotopic (exact) mass is 360 g/mol. The Morgan fingerprint density at radius 3 is 2.81 bits per heavy atom. The zero-order valence-corrected chi connectivity index (χ0v) is 15.3. The van der Waals surface area contributed by atoms with Crippen molar-refractivity contribution in [3.05, 3.63) is 24.3 Å². The number of ketones is 1. The third kappa shape index (κ3) is 5.82. The predicted octanol–water partition coefficient (Wildman–Crippen LogP) is 2.17. The van der Waals surface area contributed by atoms with Crippen LogP contribution in [0.3, 0.4) is 0 Å². The molecule has 0 saturated heterocycles. The van der Waals surface area contributed by atoms with E-state index >= 15 is 0 Å². The van der Waals surface area contributed by atoms with E-state index < -0.39 is 18.1 Å². The minimum Gasteiger partial charge on any atom is -0.469 e. The maximum Gasteiger partial charge on any atom is 0.305 e. The average molecular weight is 360 g/mol. The second-order valence-electron chi connectivity index (χ2n) is 6.98. The summed E-state index contributed by atoms with van der Waals surface area (Å²) in [4.78, 5) is 23.1. The summed E-state index contributed by atoms with van der Waals surface area (Å²) in [5.74, 6) is 4.53. The van der Waals surface area contributed by atoms with Gasteiger partial charge in [-0.3, -0.25) is 9.59 Å². The van der Waals surface area contributed by atoms with Crippen LogP contribution in [0.25, 0.3) is 0 Å². The van der Waals surface area contributed by atoms with Gasteiger partial charge in [-0.1, -0.05) is 37.0 Å². The summed E-state index contributed by atoms with van der Waals surface area (Å²) in [6.45, 7) is 0. The highest BCUT2D eigenvalue weighted by atomic mass is 16.5. The zero-order chi connectivity index (χ0) is 18.9. The summed E-state index contributed by atoms with van der Waals surface area (Å²) in [7, 11) is 1.34. The standard InChI is InChI=1S/C21H28O5/c1-26-20(25)10-4-2-3-9-18(23)21-16(12-14-19(21)24)11-13-17(22)15-7-5-6-8-15/h11-18,21-23H,2,4-8,10H2,1H3/b13-11+. The molecule has 2 aliphatic rings. The molecule has 4 atom stereocenters. The molecule has 1 saturated carbocycles. The number of hydrogen-bond donors (Lipinski definition) is 2. The number of ether oxygens (including phenoxy) is 1.